The van der Waals surface area contributed by atoms with Crippen molar-refractivity contribution in [2.75, 3.05) is 13.2 Å². The number of ether oxygens (including phenoxy) is 2. The van der Waals surface area contributed by atoms with E-state index in [0.29, 0.717) is 13.2 Å². The second-order valence-electron chi connectivity index (χ2n) is 8.64. The predicted molar refractivity (Wildman–Crippen MR) is 140 cm³/mol. The third-order valence-electron chi connectivity index (χ3n) is 5.63. The zero-order chi connectivity index (χ0) is 22.1. The molecule has 0 aliphatic rings. The minimum absolute atomic E-state index is 0. The van der Waals surface area contributed by atoms with Crippen LogP contribution < -0.4 is 0 Å². The van der Waals surface area contributed by atoms with E-state index in [9.17, 15) is 9.59 Å². The van der Waals surface area contributed by atoms with Crippen molar-refractivity contribution in [3.05, 3.63) is 0 Å². The summed E-state index contributed by atoms with van der Waals surface area (Å²) in [5, 5.41) is 0. The monoisotopic (exact) mass is 474 g/mol. The van der Waals surface area contributed by atoms with E-state index in [1.165, 1.54) is 103 Å². The van der Waals surface area contributed by atoms with Gasteiger partial charge in [0.2, 0.25) is 0 Å². The number of hydrogen-bond acceptors (Lipinski definition) is 4. The van der Waals surface area contributed by atoms with E-state index in [4.69, 9.17) is 9.47 Å². The van der Waals surface area contributed by atoms with Gasteiger partial charge in [0.25, 0.3) is 0 Å². The molecule has 0 aliphatic heterocycles. The first-order valence-corrected chi connectivity index (χ1v) is 13.1. The maximum absolute atomic E-state index is 11.6. The fourth-order valence-corrected chi connectivity index (χ4v) is 3.63. The van der Waals surface area contributed by atoms with Crippen LogP contribution in [-0.4, -0.2) is 84.3 Å². The number of hydrogen-bond donors (Lipinski definition) is 0. The summed E-state index contributed by atoms with van der Waals surface area (Å²) in [4.78, 5) is 23.2. The summed E-state index contributed by atoms with van der Waals surface area (Å²) in [6, 6.07) is 0. The fourth-order valence-electron chi connectivity index (χ4n) is 3.63. The molecule has 6 heteroatoms. The number of esters is 2. The number of carbonyl (C=O) groups is 2. The number of rotatable bonds is 22. The molecule has 0 spiro atoms. The molecule has 0 bridgehead atoms. The summed E-state index contributed by atoms with van der Waals surface area (Å²) in [6.07, 6.45) is 24.6. The molecule has 0 aromatic heterocycles. The first-order chi connectivity index (χ1) is 14.7. The van der Waals surface area contributed by atoms with Gasteiger partial charge < -0.3 is 9.47 Å². The van der Waals surface area contributed by atoms with Gasteiger partial charge in [-0.05, 0) is 12.8 Å². The van der Waals surface area contributed by atoms with Crippen LogP contribution in [0.15, 0.2) is 0 Å². The van der Waals surface area contributed by atoms with E-state index in [1.54, 1.807) is 0 Å². The second-order valence-corrected chi connectivity index (χ2v) is 8.64. The molecule has 0 amide bonds. The molecule has 0 rings (SSSR count). The van der Waals surface area contributed by atoms with Crippen molar-refractivity contribution in [2.24, 2.45) is 0 Å². The Morgan fingerprint density at radius 2 is 0.625 bits per heavy atom. The van der Waals surface area contributed by atoms with Crippen molar-refractivity contribution in [3.63, 3.8) is 0 Å². The van der Waals surface area contributed by atoms with Crippen LogP contribution in [0.2, 0.25) is 0 Å². The van der Waals surface area contributed by atoms with E-state index in [-0.39, 0.29) is 59.1 Å². The Hall–Kier alpha value is 0.940. The molecule has 4 nitrogen and oxygen atoms in total. The maximum atomic E-state index is 11.6. The molecule has 0 aromatic carbocycles. The summed E-state index contributed by atoms with van der Waals surface area (Å²) in [5.74, 6) is -1.67. The van der Waals surface area contributed by atoms with Crippen molar-refractivity contribution in [1.29, 1.82) is 0 Å². The molecule has 32 heavy (non-hydrogen) atoms. The average Bonchev–Trinajstić information content (AvgIpc) is 2.75. The van der Waals surface area contributed by atoms with Crippen LogP contribution in [0.4, 0.5) is 0 Å². The van der Waals surface area contributed by atoms with Gasteiger partial charge in [-0.2, -0.15) is 0 Å². The normalized spacial score (nSPS) is 10.2. The first kappa shape index (κ1) is 37.5. The van der Waals surface area contributed by atoms with Crippen LogP contribution in [0.25, 0.3) is 0 Å². The molecule has 0 atom stereocenters. The third kappa shape index (κ3) is 29.0. The fraction of sp³-hybridized carbons (Fsp3) is 0.923. The van der Waals surface area contributed by atoms with E-state index >= 15 is 0 Å². The third-order valence-corrected chi connectivity index (χ3v) is 5.63. The van der Waals surface area contributed by atoms with Gasteiger partial charge >= 0.3 is 71.1 Å². The molecule has 0 radical (unpaired) electrons. The first-order valence-electron chi connectivity index (χ1n) is 13.1. The van der Waals surface area contributed by atoms with E-state index in [1.807, 2.05) is 0 Å². The van der Waals surface area contributed by atoms with E-state index in [0.717, 1.165) is 25.7 Å². The van der Waals surface area contributed by atoms with Crippen LogP contribution in [0.3, 0.4) is 0 Å². The average molecular weight is 475 g/mol. The summed E-state index contributed by atoms with van der Waals surface area (Å²) in [5.41, 5.74) is 0. The van der Waals surface area contributed by atoms with Crippen molar-refractivity contribution < 1.29 is 19.1 Å². The molecule has 0 fully saturated rings. The summed E-state index contributed by atoms with van der Waals surface area (Å²) >= 11 is 0. The summed E-state index contributed by atoms with van der Waals surface area (Å²) in [7, 11) is 0. The van der Waals surface area contributed by atoms with E-state index < -0.39 is 11.9 Å². The predicted octanol–water partition coefficient (Wildman–Crippen LogP) is 6.62. The van der Waals surface area contributed by atoms with Gasteiger partial charge in [0, 0.05) is 0 Å². The quantitative estimate of drug-likeness (QED) is 0.0766. The SMILES string of the molecule is CCCCCCCCCCCCOC(=O)C(=O)OCCCCCCCCCCCC.[NaH].[NaH]. The molecule has 0 saturated carbocycles. The number of unbranched alkanes of at least 4 members (excludes halogenated alkanes) is 18. The molecule has 0 heterocycles. The molecular formula is C26H52Na2O4. The molecular weight excluding hydrogens is 422 g/mol. The van der Waals surface area contributed by atoms with Crippen molar-refractivity contribution in [3.8, 4) is 0 Å². The molecule has 0 aliphatic carbocycles. The standard InChI is InChI=1S/C26H50O4.2Na.2H/c1-3-5-7-9-11-13-15-17-19-21-23-29-25(27)26(28)30-24-22-20-18-16-14-12-10-8-6-4-2;;;;/h3-24H2,1-2H3;;;;. The topological polar surface area (TPSA) is 52.6 Å². The van der Waals surface area contributed by atoms with Gasteiger partial charge in [-0.25, -0.2) is 9.59 Å². The zero-order valence-corrected chi connectivity index (χ0v) is 20.2. The Kier molecular flexibility index (Phi) is 37.4. The Balaban J connectivity index is -0.00000420. The van der Waals surface area contributed by atoms with Crippen molar-refractivity contribution in [2.45, 2.75) is 142 Å². The van der Waals surface area contributed by atoms with Crippen LogP contribution in [0.5, 0.6) is 0 Å². The van der Waals surface area contributed by atoms with Gasteiger partial charge in [0.05, 0.1) is 13.2 Å². The Labute approximate surface area is 243 Å². The van der Waals surface area contributed by atoms with Crippen molar-refractivity contribution in [1.82, 2.24) is 0 Å². The Bertz CT molecular complexity index is 356. The van der Waals surface area contributed by atoms with Gasteiger partial charge in [-0.3, -0.25) is 0 Å². The van der Waals surface area contributed by atoms with Crippen LogP contribution in [0.1, 0.15) is 142 Å². The minimum atomic E-state index is -0.835. The van der Waals surface area contributed by atoms with Crippen LogP contribution in [0, 0.1) is 0 Å². The van der Waals surface area contributed by atoms with Gasteiger partial charge in [0.1, 0.15) is 0 Å². The van der Waals surface area contributed by atoms with Gasteiger partial charge in [-0.15, -0.1) is 0 Å². The van der Waals surface area contributed by atoms with Gasteiger partial charge in [-0.1, -0.05) is 129 Å². The van der Waals surface area contributed by atoms with Gasteiger partial charge in [0.15, 0.2) is 0 Å². The molecule has 0 aromatic rings. The number of carbonyl (C=O) groups excluding carboxylic acids is 2. The summed E-state index contributed by atoms with van der Waals surface area (Å²) in [6.45, 7) is 5.13. The zero-order valence-electron chi connectivity index (χ0n) is 20.2. The Morgan fingerprint density at radius 3 is 0.875 bits per heavy atom. The second kappa shape index (κ2) is 31.9. The molecule has 0 unspecified atom stereocenters. The van der Waals surface area contributed by atoms with Crippen LogP contribution >= 0.6 is 0 Å². The Morgan fingerprint density at radius 1 is 0.406 bits per heavy atom. The van der Waals surface area contributed by atoms with Crippen LogP contribution in [-0.2, 0) is 19.1 Å². The van der Waals surface area contributed by atoms with E-state index in [2.05, 4.69) is 13.8 Å². The van der Waals surface area contributed by atoms with Crippen molar-refractivity contribution >= 4 is 71.1 Å². The molecule has 0 saturated heterocycles. The molecule has 0 N–H and O–H groups in total. The molecule has 182 valence electrons. The summed E-state index contributed by atoms with van der Waals surface area (Å²) < 4.78 is 10.0.